The molecule has 0 aliphatic carbocycles. The molecule has 1 atom stereocenters. The van der Waals surface area contributed by atoms with Crippen LogP contribution in [0.5, 0.6) is 0 Å². The molecule has 7 nitrogen and oxygen atoms in total. The summed E-state index contributed by atoms with van der Waals surface area (Å²) < 4.78 is 6.55. The Kier molecular flexibility index (Phi) is 7.57. The molecule has 2 aromatic carbocycles. The van der Waals surface area contributed by atoms with Gasteiger partial charge in [-0.3, -0.25) is 9.79 Å². The van der Waals surface area contributed by atoms with Gasteiger partial charge in [0.05, 0.1) is 34.9 Å². The lowest BCUT2D eigenvalue weighted by Crippen LogP contribution is -2.40. The smallest absolute Gasteiger partial charge is 0.224 e. The fourth-order valence-corrected chi connectivity index (χ4v) is 6.95. The molecule has 2 aliphatic rings. The summed E-state index contributed by atoms with van der Waals surface area (Å²) in [5.41, 5.74) is 7.72. The van der Waals surface area contributed by atoms with Crippen molar-refractivity contribution in [3.63, 3.8) is 0 Å². The van der Waals surface area contributed by atoms with E-state index in [9.17, 15) is 4.79 Å². The topological polar surface area (TPSA) is 70.9 Å². The molecule has 0 saturated carbocycles. The number of halogens is 1. The number of hydrogen-bond acceptors (Lipinski definition) is 7. The van der Waals surface area contributed by atoms with Gasteiger partial charge in [-0.2, -0.15) is 4.98 Å². The van der Waals surface area contributed by atoms with Crippen molar-refractivity contribution >= 4 is 56.8 Å². The molecule has 6 rings (SSSR count). The van der Waals surface area contributed by atoms with Gasteiger partial charge in [0.2, 0.25) is 11.2 Å². The fraction of sp³-hybridized carbons (Fsp3) is 0.355. The zero-order valence-electron chi connectivity index (χ0n) is 23.0. The van der Waals surface area contributed by atoms with Crippen LogP contribution in [0.2, 0.25) is 5.28 Å². The van der Waals surface area contributed by atoms with E-state index in [1.807, 2.05) is 11.1 Å². The number of aryl methyl sites for hydroxylation is 2. The van der Waals surface area contributed by atoms with Crippen molar-refractivity contribution in [3.05, 3.63) is 69.3 Å². The highest BCUT2D eigenvalue weighted by molar-refractivity contribution is 7.21. The number of morpholine rings is 1. The van der Waals surface area contributed by atoms with Crippen LogP contribution in [0.1, 0.15) is 41.8 Å². The monoisotopic (exact) mass is 573 g/mol. The molecule has 1 amide bonds. The zero-order valence-corrected chi connectivity index (χ0v) is 24.6. The minimum Gasteiger partial charge on any atom is -0.378 e. The number of rotatable bonds is 5. The van der Waals surface area contributed by atoms with Gasteiger partial charge in [-0.15, -0.1) is 11.3 Å². The van der Waals surface area contributed by atoms with Gasteiger partial charge in [0.25, 0.3) is 0 Å². The quantitative estimate of drug-likeness (QED) is 0.202. The van der Waals surface area contributed by atoms with Crippen LogP contribution >= 0.6 is 22.9 Å². The molecule has 4 heterocycles. The van der Waals surface area contributed by atoms with Gasteiger partial charge in [-0.05, 0) is 78.2 Å². The van der Waals surface area contributed by atoms with E-state index in [2.05, 4.69) is 71.2 Å². The van der Waals surface area contributed by atoms with Crippen LogP contribution in [0.25, 0.3) is 21.3 Å². The Morgan fingerprint density at radius 2 is 1.90 bits per heavy atom. The van der Waals surface area contributed by atoms with E-state index >= 15 is 0 Å². The number of fused-ring (bicyclic) bond motifs is 2. The van der Waals surface area contributed by atoms with E-state index in [1.54, 1.807) is 18.3 Å². The highest BCUT2D eigenvalue weighted by Gasteiger charge is 2.26. The summed E-state index contributed by atoms with van der Waals surface area (Å²) in [6.45, 7) is 9.38. The normalized spacial score (nSPS) is 17.6. The summed E-state index contributed by atoms with van der Waals surface area (Å²) in [5.74, 6) is 0.985. The summed E-state index contributed by atoms with van der Waals surface area (Å²) in [6.07, 6.45) is 3.92. The Morgan fingerprint density at radius 1 is 1.15 bits per heavy atom. The number of aromatic nitrogens is 2. The number of amides is 1. The summed E-state index contributed by atoms with van der Waals surface area (Å²) in [6, 6.07) is 15.2. The summed E-state index contributed by atoms with van der Waals surface area (Å²) in [5, 5.41) is 0.267. The van der Waals surface area contributed by atoms with Crippen LogP contribution < -0.4 is 9.80 Å². The van der Waals surface area contributed by atoms with E-state index in [0.29, 0.717) is 19.8 Å². The first-order valence-electron chi connectivity index (χ1n) is 13.7. The minimum absolute atomic E-state index is 0.103. The number of aliphatic imine (C=N–C) groups is 1. The molecule has 9 heteroatoms. The number of hydrogen-bond donors (Lipinski definition) is 0. The lowest BCUT2D eigenvalue weighted by Gasteiger charge is -2.34. The van der Waals surface area contributed by atoms with Gasteiger partial charge in [0.1, 0.15) is 0 Å². The van der Waals surface area contributed by atoms with Crippen LogP contribution in [-0.2, 0) is 22.5 Å². The van der Waals surface area contributed by atoms with Gasteiger partial charge in [-0.25, -0.2) is 4.98 Å². The number of nitrogens with zero attached hydrogens (tertiary/aromatic N) is 5. The van der Waals surface area contributed by atoms with Crippen LogP contribution in [0.4, 0.5) is 11.5 Å². The third-order valence-electron chi connectivity index (χ3n) is 7.79. The Hall–Kier alpha value is -3.33. The molecule has 2 aromatic heterocycles. The highest BCUT2D eigenvalue weighted by Crippen LogP contribution is 2.36. The molecule has 0 bridgehead atoms. The third-order valence-corrected chi connectivity index (χ3v) is 9.17. The van der Waals surface area contributed by atoms with Gasteiger partial charge >= 0.3 is 0 Å². The van der Waals surface area contributed by atoms with Gasteiger partial charge in [0.15, 0.2) is 5.82 Å². The molecule has 0 radical (unpaired) electrons. The largest absolute Gasteiger partial charge is 0.378 e. The third kappa shape index (κ3) is 5.23. The Labute approximate surface area is 243 Å². The highest BCUT2D eigenvalue weighted by atomic mass is 35.5. The average Bonchev–Trinajstić information content (AvgIpc) is 3.27. The lowest BCUT2D eigenvalue weighted by molar-refractivity contribution is -0.117. The lowest BCUT2D eigenvalue weighted by atomic mass is 9.93. The first-order chi connectivity index (χ1) is 19.4. The average molecular weight is 574 g/mol. The van der Waals surface area contributed by atoms with Gasteiger partial charge in [-0.1, -0.05) is 30.3 Å². The van der Waals surface area contributed by atoms with Crippen LogP contribution in [0.15, 0.2) is 47.5 Å². The van der Waals surface area contributed by atoms with E-state index < -0.39 is 0 Å². The fourth-order valence-electron chi connectivity index (χ4n) is 5.62. The number of ether oxygens (including phenoxy) is 1. The van der Waals surface area contributed by atoms with Crippen molar-refractivity contribution in [1.29, 1.82) is 0 Å². The van der Waals surface area contributed by atoms with Crippen LogP contribution in [0.3, 0.4) is 0 Å². The molecule has 1 saturated heterocycles. The van der Waals surface area contributed by atoms with Crippen LogP contribution in [0, 0.1) is 6.92 Å². The SMILES string of the molecule is CC(=O)N1c2ccc(-c3ccc(C/N=C/c4sc5c(N6CCOCC6)nc(Cl)nc5c4C)cc3)cc2CC[C@@H]1C. The maximum absolute atomic E-state index is 12.2. The molecule has 4 aromatic rings. The zero-order chi connectivity index (χ0) is 27.8. The first kappa shape index (κ1) is 26.9. The first-order valence-corrected chi connectivity index (χ1v) is 14.9. The van der Waals surface area contributed by atoms with Crippen molar-refractivity contribution in [2.24, 2.45) is 4.99 Å². The number of benzene rings is 2. The maximum atomic E-state index is 12.2. The molecular weight excluding hydrogens is 542 g/mol. The van der Waals surface area contributed by atoms with E-state index in [4.69, 9.17) is 21.3 Å². The molecule has 40 heavy (non-hydrogen) atoms. The molecule has 0 spiro atoms. The molecule has 206 valence electrons. The van der Waals surface area contributed by atoms with E-state index in [1.165, 1.54) is 11.1 Å². The van der Waals surface area contributed by atoms with E-state index in [-0.39, 0.29) is 17.2 Å². The van der Waals surface area contributed by atoms with Crippen molar-refractivity contribution in [3.8, 4) is 11.1 Å². The minimum atomic E-state index is 0.103. The summed E-state index contributed by atoms with van der Waals surface area (Å²) in [7, 11) is 0. The second-order valence-electron chi connectivity index (χ2n) is 10.5. The number of anilines is 2. The molecular formula is C31H32ClN5O2S. The number of thiophene rings is 1. The van der Waals surface area contributed by atoms with Gasteiger partial charge in [0, 0.05) is 38.0 Å². The Bertz CT molecular complexity index is 1590. The predicted molar refractivity (Wildman–Crippen MR) is 164 cm³/mol. The van der Waals surface area contributed by atoms with Crippen molar-refractivity contribution in [2.45, 2.75) is 46.2 Å². The van der Waals surface area contributed by atoms with Crippen molar-refractivity contribution < 1.29 is 9.53 Å². The second-order valence-corrected chi connectivity index (χ2v) is 11.9. The molecule has 2 aliphatic heterocycles. The molecule has 0 N–H and O–H groups in total. The Morgan fingerprint density at radius 3 is 2.65 bits per heavy atom. The van der Waals surface area contributed by atoms with Gasteiger partial charge < -0.3 is 14.5 Å². The Balaban J connectivity index is 1.18. The number of carbonyl (C=O) groups is 1. The maximum Gasteiger partial charge on any atom is 0.224 e. The molecule has 1 fully saturated rings. The molecule has 0 unspecified atom stereocenters. The number of carbonyl (C=O) groups excluding carboxylic acids is 1. The van der Waals surface area contributed by atoms with Crippen molar-refractivity contribution in [1.82, 2.24) is 9.97 Å². The summed E-state index contributed by atoms with van der Waals surface area (Å²) >= 11 is 7.96. The van der Waals surface area contributed by atoms with Crippen molar-refractivity contribution in [2.75, 3.05) is 36.1 Å². The predicted octanol–water partition coefficient (Wildman–Crippen LogP) is 6.46. The standard InChI is InChI=1S/C31H32ClN5O2S/c1-19-4-7-25-16-24(10-11-26(25)37(19)21(3)38)23-8-5-22(6-9-23)17-33-18-27-20(2)28-29(40-27)30(35-31(32)34-28)36-12-14-39-15-13-36/h5-6,8-11,16,18-19H,4,7,12-15,17H2,1-3H3/b33-18+/t19-/m0/s1. The van der Waals surface area contributed by atoms with Crippen LogP contribution in [-0.4, -0.2) is 54.4 Å². The summed E-state index contributed by atoms with van der Waals surface area (Å²) in [4.78, 5) is 31.2. The second kappa shape index (κ2) is 11.3. The van der Waals surface area contributed by atoms with E-state index in [0.717, 1.165) is 69.2 Å².